The molecule has 1 saturated heterocycles. The zero-order valence-corrected chi connectivity index (χ0v) is 17.0. The van der Waals surface area contributed by atoms with Crippen LogP contribution in [0.15, 0.2) is 54.6 Å². The molecule has 2 amide bonds. The Hall–Kier alpha value is -2.66. The van der Waals surface area contributed by atoms with Crippen molar-refractivity contribution in [3.63, 3.8) is 0 Å². The minimum atomic E-state index is -0.101. The fraction of sp³-hybridized carbons (Fsp3) is 0.417. The molecule has 2 aromatic rings. The first-order valence-electron chi connectivity index (χ1n) is 10.6. The van der Waals surface area contributed by atoms with Gasteiger partial charge in [-0.2, -0.15) is 0 Å². The van der Waals surface area contributed by atoms with E-state index in [-0.39, 0.29) is 11.8 Å². The Balaban J connectivity index is 1.30. The molecule has 1 aliphatic rings. The highest BCUT2D eigenvalue weighted by molar-refractivity contribution is 5.94. The average Bonchev–Trinajstić information content (AvgIpc) is 2.77. The maximum absolute atomic E-state index is 12.0. The average molecular weight is 394 g/mol. The molecule has 0 spiro atoms. The molecule has 0 radical (unpaired) electrons. The number of nitrogens with one attached hydrogen (secondary N) is 2. The van der Waals surface area contributed by atoms with Gasteiger partial charge in [-0.1, -0.05) is 48.9 Å². The van der Waals surface area contributed by atoms with Crippen molar-refractivity contribution in [2.24, 2.45) is 0 Å². The Morgan fingerprint density at radius 1 is 0.828 bits per heavy atom. The number of benzene rings is 2. The van der Waals surface area contributed by atoms with Crippen molar-refractivity contribution >= 4 is 11.8 Å². The van der Waals surface area contributed by atoms with Crippen LogP contribution in [-0.2, 0) is 17.9 Å². The third-order valence-corrected chi connectivity index (χ3v) is 5.27. The molecule has 0 unspecified atom stereocenters. The number of amides is 2. The van der Waals surface area contributed by atoms with Crippen molar-refractivity contribution in [2.75, 3.05) is 19.6 Å². The molecule has 5 nitrogen and oxygen atoms in total. The summed E-state index contributed by atoms with van der Waals surface area (Å²) in [6, 6.07) is 17.6. The number of hydrogen-bond donors (Lipinski definition) is 2. The summed E-state index contributed by atoms with van der Waals surface area (Å²) < 4.78 is 0. The second-order valence-electron chi connectivity index (χ2n) is 7.66. The lowest BCUT2D eigenvalue weighted by Crippen LogP contribution is -2.29. The molecule has 0 aromatic heterocycles. The Morgan fingerprint density at radius 2 is 1.52 bits per heavy atom. The minimum Gasteiger partial charge on any atom is -0.352 e. The number of hydrogen-bond acceptors (Lipinski definition) is 3. The van der Waals surface area contributed by atoms with Gasteiger partial charge in [0.2, 0.25) is 5.91 Å². The first-order chi connectivity index (χ1) is 14.2. The van der Waals surface area contributed by atoms with Gasteiger partial charge >= 0.3 is 0 Å². The van der Waals surface area contributed by atoms with Crippen LogP contribution in [0.3, 0.4) is 0 Å². The van der Waals surface area contributed by atoms with Crippen LogP contribution in [0.1, 0.15) is 53.6 Å². The van der Waals surface area contributed by atoms with Gasteiger partial charge < -0.3 is 10.6 Å². The molecular formula is C24H31N3O2. The fourth-order valence-electron chi connectivity index (χ4n) is 3.57. The number of rotatable bonds is 9. The van der Waals surface area contributed by atoms with Crippen LogP contribution in [0.25, 0.3) is 0 Å². The fourth-order valence-corrected chi connectivity index (χ4v) is 3.57. The molecule has 0 atom stereocenters. The first kappa shape index (κ1) is 21.1. The van der Waals surface area contributed by atoms with Crippen LogP contribution >= 0.6 is 0 Å². The van der Waals surface area contributed by atoms with E-state index in [1.807, 2.05) is 18.2 Å². The van der Waals surface area contributed by atoms with Gasteiger partial charge in [0.15, 0.2) is 0 Å². The summed E-state index contributed by atoms with van der Waals surface area (Å²) in [5.74, 6) is -0.0907. The topological polar surface area (TPSA) is 61.4 Å². The highest BCUT2D eigenvalue weighted by Crippen LogP contribution is 2.13. The lowest BCUT2D eigenvalue weighted by Gasteiger charge is -2.26. The highest BCUT2D eigenvalue weighted by atomic mass is 16.2. The zero-order valence-electron chi connectivity index (χ0n) is 17.0. The van der Waals surface area contributed by atoms with E-state index in [2.05, 4.69) is 39.8 Å². The van der Waals surface area contributed by atoms with E-state index in [0.29, 0.717) is 31.5 Å². The quantitative estimate of drug-likeness (QED) is 0.641. The van der Waals surface area contributed by atoms with E-state index in [1.165, 1.54) is 37.9 Å². The number of piperidine rings is 1. The van der Waals surface area contributed by atoms with Crippen molar-refractivity contribution < 1.29 is 9.59 Å². The first-order valence-corrected chi connectivity index (χ1v) is 10.6. The monoisotopic (exact) mass is 393 g/mol. The van der Waals surface area contributed by atoms with E-state index in [9.17, 15) is 9.59 Å². The SMILES string of the molecule is O=C(CCCNC(=O)c1ccccc1)NCc1ccc(CN2CCCCC2)cc1. The maximum atomic E-state index is 12.0. The van der Waals surface area contributed by atoms with Crippen LogP contribution < -0.4 is 10.6 Å². The molecule has 154 valence electrons. The highest BCUT2D eigenvalue weighted by Gasteiger charge is 2.10. The normalized spacial score (nSPS) is 14.3. The summed E-state index contributed by atoms with van der Waals surface area (Å²) in [5.41, 5.74) is 3.08. The molecule has 1 aliphatic heterocycles. The summed E-state index contributed by atoms with van der Waals surface area (Å²) in [6.07, 6.45) is 5.00. The predicted molar refractivity (Wildman–Crippen MR) is 115 cm³/mol. The number of carbonyl (C=O) groups excluding carboxylic acids is 2. The number of nitrogens with zero attached hydrogens (tertiary/aromatic N) is 1. The Morgan fingerprint density at radius 3 is 2.24 bits per heavy atom. The third kappa shape index (κ3) is 7.35. The van der Waals surface area contributed by atoms with Gasteiger partial charge in [0.1, 0.15) is 0 Å². The van der Waals surface area contributed by atoms with Crippen molar-refractivity contribution in [1.29, 1.82) is 0 Å². The Bertz CT molecular complexity index is 768. The third-order valence-electron chi connectivity index (χ3n) is 5.27. The summed E-state index contributed by atoms with van der Waals surface area (Å²) in [4.78, 5) is 26.5. The van der Waals surface area contributed by atoms with E-state index in [1.54, 1.807) is 12.1 Å². The van der Waals surface area contributed by atoms with Gasteiger partial charge in [-0.3, -0.25) is 14.5 Å². The molecular weight excluding hydrogens is 362 g/mol. The summed E-state index contributed by atoms with van der Waals surface area (Å²) in [7, 11) is 0. The summed E-state index contributed by atoms with van der Waals surface area (Å²) in [6.45, 7) is 4.44. The van der Waals surface area contributed by atoms with Gasteiger partial charge in [-0.05, 0) is 55.6 Å². The summed E-state index contributed by atoms with van der Waals surface area (Å²) in [5, 5.41) is 5.80. The molecule has 2 aromatic carbocycles. The van der Waals surface area contributed by atoms with E-state index in [4.69, 9.17) is 0 Å². The lowest BCUT2D eigenvalue weighted by molar-refractivity contribution is -0.121. The second-order valence-corrected chi connectivity index (χ2v) is 7.66. The zero-order chi connectivity index (χ0) is 20.3. The lowest BCUT2D eigenvalue weighted by atomic mass is 10.1. The van der Waals surface area contributed by atoms with Crippen LogP contribution in [0.4, 0.5) is 0 Å². The van der Waals surface area contributed by atoms with Crippen molar-refractivity contribution in [2.45, 2.75) is 45.2 Å². The number of carbonyl (C=O) groups is 2. The van der Waals surface area contributed by atoms with Crippen LogP contribution in [-0.4, -0.2) is 36.3 Å². The van der Waals surface area contributed by atoms with Gasteiger partial charge in [-0.15, -0.1) is 0 Å². The molecule has 0 aliphatic carbocycles. The smallest absolute Gasteiger partial charge is 0.251 e. The van der Waals surface area contributed by atoms with Crippen molar-refractivity contribution in [3.05, 3.63) is 71.3 Å². The molecule has 0 saturated carbocycles. The van der Waals surface area contributed by atoms with Crippen LogP contribution in [0.5, 0.6) is 0 Å². The van der Waals surface area contributed by atoms with Crippen molar-refractivity contribution in [3.8, 4) is 0 Å². The largest absolute Gasteiger partial charge is 0.352 e. The Kier molecular flexibility index (Phi) is 8.25. The van der Waals surface area contributed by atoms with E-state index < -0.39 is 0 Å². The van der Waals surface area contributed by atoms with Gasteiger partial charge in [0.05, 0.1) is 0 Å². The van der Waals surface area contributed by atoms with Gasteiger partial charge in [-0.25, -0.2) is 0 Å². The predicted octanol–water partition coefficient (Wildman–Crippen LogP) is 3.50. The van der Waals surface area contributed by atoms with Crippen LogP contribution in [0.2, 0.25) is 0 Å². The molecule has 1 fully saturated rings. The standard InChI is InChI=1S/C24H31N3O2/c28-23(10-7-15-25-24(29)22-8-3-1-4-9-22)26-18-20-11-13-21(14-12-20)19-27-16-5-2-6-17-27/h1,3-4,8-9,11-14H,2,5-7,10,15-19H2,(H,25,29)(H,26,28). The molecule has 3 rings (SSSR count). The Labute approximate surface area is 173 Å². The van der Waals surface area contributed by atoms with Crippen molar-refractivity contribution in [1.82, 2.24) is 15.5 Å². The molecule has 2 N–H and O–H groups in total. The second kappa shape index (κ2) is 11.4. The molecule has 0 bridgehead atoms. The van der Waals surface area contributed by atoms with E-state index >= 15 is 0 Å². The summed E-state index contributed by atoms with van der Waals surface area (Å²) >= 11 is 0. The molecule has 1 heterocycles. The number of likely N-dealkylation sites (tertiary alicyclic amines) is 1. The molecule has 29 heavy (non-hydrogen) atoms. The molecule has 5 heteroatoms. The minimum absolute atomic E-state index is 0.0105. The van der Waals surface area contributed by atoms with Gasteiger partial charge in [0.25, 0.3) is 5.91 Å². The van der Waals surface area contributed by atoms with Gasteiger partial charge in [0, 0.05) is 31.6 Å². The van der Waals surface area contributed by atoms with E-state index in [0.717, 1.165) is 12.1 Å². The maximum Gasteiger partial charge on any atom is 0.251 e. The van der Waals surface area contributed by atoms with Crippen LogP contribution in [0, 0.1) is 0 Å².